The Morgan fingerprint density at radius 1 is 1.10 bits per heavy atom. The van der Waals surface area contributed by atoms with Gasteiger partial charge in [-0.25, -0.2) is 17.5 Å². The van der Waals surface area contributed by atoms with Crippen molar-refractivity contribution in [2.75, 3.05) is 13.6 Å². The van der Waals surface area contributed by atoms with Gasteiger partial charge < -0.3 is 10.6 Å². The van der Waals surface area contributed by atoms with Crippen LogP contribution in [0.4, 0.5) is 4.39 Å². The Bertz CT molecular complexity index is 1030. The Labute approximate surface area is 184 Å². The summed E-state index contributed by atoms with van der Waals surface area (Å²) in [5, 5.41) is 6.61. The first-order valence-electron chi connectivity index (χ1n) is 10.5. The lowest BCUT2D eigenvalue weighted by Crippen LogP contribution is -2.41. The Hall–Kier alpha value is -2.45. The predicted molar refractivity (Wildman–Crippen MR) is 123 cm³/mol. The van der Waals surface area contributed by atoms with Crippen LogP contribution in [0.5, 0.6) is 0 Å². The van der Waals surface area contributed by atoms with E-state index in [2.05, 4.69) is 20.3 Å². The monoisotopic (exact) mass is 446 g/mol. The summed E-state index contributed by atoms with van der Waals surface area (Å²) in [7, 11) is -1.72. The number of rotatable bonds is 9. The van der Waals surface area contributed by atoms with Crippen molar-refractivity contribution in [1.82, 2.24) is 15.4 Å². The third kappa shape index (κ3) is 6.51. The van der Waals surface area contributed by atoms with Crippen LogP contribution in [0.15, 0.2) is 53.5 Å². The number of guanidine groups is 1. The maximum Gasteiger partial charge on any atom is 0.216 e. The highest BCUT2D eigenvalue weighted by molar-refractivity contribution is 7.88. The molecule has 0 bridgehead atoms. The van der Waals surface area contributed by atoms with E-state index in [-0.39, 0.29) is 23.0 Å². The summed E-state index contributed by atoms with van der Waals surface area (Å²) < 4.78 is 40.9. The van der Waals surface area contributed by atoms with Gasteiger partial charge in [0.05, 0.1) is 5.75 Å². The molecule has 0 aromatic heterocycles. The van der Waals surface area contributed by atoms with Crippen LogP contribution in [0.3, 0.4) is 0 Å². The van der Waals surface area contributed by atoms with E-state index in [4.69, 9.17) is 0 Å². The third-order valence-corrected chi connectivity index (χ3v) is 6.96. The van der Waals surface area contributed by atoms with Gasteiger partial charge in [-0.3, -0.25) is 4.99 Å². The summed E-state index contributed by atoms with van der Waals surface area (Å²) in [6, 6.07) is 14.1. The second-order valence-corrected chi connectivity index (χ2v) is 10.1. The van der Waals surface area contributed by atoms with E-state index in [1.807, 2.05) is 30.3 Å². The van der Waals surface area contributed by atoms with E-state index in [9.17, 15) is 12.8 Å². The number of aliphatic imine (C=N–C) groups is 1. The van der Waals surface area contributed by atoms with Crippen molar-refractivity contribution in [2.24, 2.45) is 4.99 Å². The van der Waals surface area contributed by atoms with E-state index >= 15 is 0 Å². The molecule has 0 saturated heterocycles. The molecule has 3 N–H and O–H groups in total. The molecule has 0 heterocycles. The van der Waals surface area contributed by atoms with E-state index in [0.29, 0.717) is 19.0 Å². The van der Waals surface area contributed by atoms with Crippen LogP contribution in [0.2, 0.25) is 0 Å². The van der Waals surface area contributed by atoms with E-state index < -0.39 is 10.0 Å². The van der Waals surface area contributed by atoms with Gasteiger partial charge in [-0.15, -0.1) is 0 Å². The number of sulfonamides is 1. The molecule has 31 heavy (non-hydrogen) atoms. The van der Waals surface area contributed by atoms with Crippen LogP contribution in [0.1, 0.15) is 43.4 Å². The predicted octanol–water partition coefficient (Wildman–Crippen LogP) is 3.05. The number of hydrogen-bond acceptors (Lipinski definition) is 3. The Kier molecular flexibility index (Phi) is 7.33. The lowest BCUT2D eigenvalue weighted by atomic mass is 9.96. The highest BCUT2D eigenvalue weighted by atomic mass is 32.2. The number of benzene rings is 2. The van der Waals surface area contributed by atoms with Crippen molar-refractivity contribution in [3.8, 4) is 0 Å². The van der Waals surface area contributed by atoms with Crippen molar-refractivity contribution in [3.63, 3.8) is 0 Å². The fourth-order valence-corrected chi connectivity index (χ4v) is 5.16. The topological polar surface area (TPSA) is 82.6 Å². The summed E-state index contributed by atoms with van der Waals surface area (Å²) >= 11 is 0. The molecule has 0 aliphatic heterocycles. The van der Waals surface area contributed by atoms with Crippen LogP contribution < -0.4 is 15.4 Å². The van der Waals surface area contributed by atoms with Crippen molar-refractivity contribution < 1.29 is 12.8 Å². The molecule has 168 valence electrons. The zero-order chi connectivity index (χ0) is 22.5. The van der Waals surface area contributed by atoms with Crippen LogP contribution in [0, 0.1) is 5.82 Å². The van der Waals surface area contributed by atoms with Crippen molar-refractivity contribution in [2.45, 2.75) is 50.4 Å². The highest BCUT2D eigenvalue weighted by Gasteiger charge is 2.44. The standard InChI is InChI=1S/C23H31FN4O2S/c1-17(2)28-31(29,30)15-19-8-5-4-7-18(19)14-26-22(25-3)27-16-23(11-12-23)20-9-6-10-21(24)13-20/h4-10,13,17,28H,11-12,14-16H2,1-3H3,(H2,25,26,27). The molecular formula is C23H31FN4O2S. The van der Waals surface area contributed by atoms with Gasteiger partial charge in [0.1, 0.15) is 5.82 Å². The molecule has 3 rings (SSSR count). The molecular weight excluding hydrogens is 415 g/mol. The minimum Gasteiger partial charge on any atom is -0.356 e. The molecule has 0 unspecified atom stereocenters. The Balaban J connectivity index is 1.60. The second kappa shape index (κ2) is 9.78. The molecule has 0 spiro atoms. The van der Waals surface area contributed by atoms with Crippen molar-refractivity contribution in [3.05, 3.63) is 71.0 Å². The van der Waals surface area contributed by atoms with E-state index in [1.54, 1.807) is 33.0 Å². The molecule has 0 radical (unpaired) electrons. The molecule has 1 aliphatic carbocycles. The fraction of sp³-hybridized carbons (Fsp3) is 0.435. The van der Waals surface area contributed by atoms with Gasteiger partial charge in [-0.2, -0.15) is 0 Å². The largest absolute Gasteiger partial charge is 0.356 e. The molecule has 1 saturated carbocycles. The van der Waals surface area contributed by atoms with Crippen molar-refractivity contribution >= 4 is 16.0 Å². The summed E-state index contributed by atoms with van der Waals surface area (Å²) in [6.07, 6.45) is 2.01. The van der Waals surface area contributed by atoms with Crippen LogP contribution >= 0.6 is 0 Å². The van der Waals surface area contributed by atoms with Crippen LogP contribution in [-0.2, 0) is 27.7 Å². The van der Waals surface area contributed by atoms with Gasteiger partial charge in [0.25, 0.3) is 0 Å². The van der Waals surface area contributed by atoms with Gasteiger partial charge in [0, 0.05) is 31.6 Å². The lowest BCUT2D eigenvalue weighted by Gasteiger charge is -2.20. The number of nitrogens with one attached hydrogen (secondary N) is 3. The lowest BCUT2D eigenvalue weighted by molar-refractivity contribution is 0.568. The summed E-state index contributed by atoms with van der Waals surface area (Å²) in [4.78, 5) is 4.28. The number of halogens is 1. The van der Waals surface area contributed by atoms with Gasteiger partial charge in [-0.05, 0) is 55.5 Å². The average Bonchev–Trinajstić information content (AvgIpc) is 3.49. The normalized spacial score (nSPS) is 15.7. The third-order valence-electron chi connectivity index (χ3n) is 5.43. The first-order valence-corrected chi connectivity index (χ1v) is 12.2. The fourth-order valence-electron chi connectivity index (χ4n) is 3.67. The van der Waals surface area contributed by atoms with Crippen LogP contribution in [-0.4, -0.2) is 34.0 Å². The zero-order valence-electron chi connectivity index (χ0n) is 18.3. The summed E-state index contributed by atoms with van der Waals surface area (Å²) in [5.41, 5.74) is 2.58. The van der Waals surface area contributed by atoms with Crippen LogP contribution in [0.25, 0.3) is 0 Å². The zero-order valence-corrected chi connectivity index (χ0v) is 19.1. The Morgan fingerprint density at radius 2 is 1.81 bits per heavy atom. The molecule has 0 atom stereocenters. The molecule has 1 fully saturated rings. The number of hydrogen-bond donors (Lipinski definition) is 3. The van der Waals surface area contributed by atoms with E-state index in [0.717, 1.165) is 29.5 Å². The molecule has 8 heteroatoms. The first-order chi connectivity index (χ1) is 14.7. The minimum atomic E-state index is -3.41. The average molecular weight is 447 g/mol. The second-order valence-electron chi connectivity index (χ2n) is 8.37. The van der Waals surface area contributed by atoms with Gasteiger partial charge >= 0.3 is 0 Å². The maximum atomic E-state index is 13.6. The van der Waals surface area contributed by atoms with Gasteiger partial charge in [-0.1, -0.05) is 36.4 Å². The van der Waals surface area contributed by atoms with E-state index in [1.165, 1.54) is 6.07 Å². The molecule has 0 amide bonds. The van der Waals surface area contributed by atoms with Gasteiger partial charge in [0.2, 0.25) is 10.0 Å². The summed E-state index contributed by atoms with van der Waals surface area (Å²) in [5.74, 6) is 0.336. The minimum absolute atomic E-state index is 0.0613. The molecule has 2 aromatic carbocycles. The Morgan fingerprint density at radius 3 is 2.42 bits per heavy atom. The SMILES string of the molecule is CN=C(NCc1ccccc1CS(=O)(=O)NC(C)C)NCC1(c2cccc(F)c2)CC1. The number of nitrogens with zero attached hydrogens (tertiary/aromatic N) is 1. The van der Waals surface area contributed by atoms with Gasteiger partial charge in [0.15, 0.2) is 5.96 Å². The van der Waals surface area contributed by atoms with Crippen molar-refractivity contribution in [1.29, 1.82) is 0 Å². The first kappa shape index (κ1) is 23.2. The smallest absolute Gasteiger partial charge is 0.216 e. The molecule has 1 aliphatic rings. The maximum absolute atomic E-state index is 13.6. The molecule has 6 nitrogen and oxygen atoms in total. The summed E-state index contributed by atoms with van der Waals surface area (Å²) in [6.45, 7) is 4.71. The highest BCUT2D eigenvalue weighted by Crippen LogP contribution is 2.47. The quantitative estimate of drug-likeness (QED) is 0.408. The molecule has 2 aromatic rings.